The summed E-state index contributed by atoms with van der Waals surface area (Å²) in [5, 5.41) is 15.0. The molecule has 0 aliphatic rings. The number of hydrogen-bond donors (Lipinski definition) is 3. The van der Waals surface area contributed by atoms with Crippen LogP contribution in [0.3, 0.4) is 0 Å². The molecule has 1 atom stereocenters. The van der Waals surface area contributed by atoms with Crippen LogP contribution in [0.4, 0.5) is 16.2 Å². The first-order chi connectivity index (χ1) is 9.95. The Morgan fingerprint density at radius 1 is 1.19 bits per heavy atom. The van der Waals surface area contributed by atoms with Crippen molar-refractivity contribution in [3.05, 3.63) is 53.3 Å². The third-order valence-electron chi connectivity index (χ3n) is 3.10. The van der Waals surface area contributed by atoms with Gasteiger partial charge in [0.2, 0.25) is 0 Å². The number of carbonyl (C=O) groups is 1. The van der Waals surface area contributed by atoms with E-state index in [1.807, 2.05) is 32.0 Å². The first-order valence-electron chi connectivity index (χ1n) is 6.76. The molecule has 2 amide bonds. The highest BCUT2D eigenvalue weighted by atomic mass is 16.3. The van der Waals surface area contributed by atoms with E-state index >= 15 is 0 Å². The Labute approximate surface area is 124 Å². The van der Waals surface area contributed by atoms with Gasteiger partial charge in [0.25, 0.3) is 0 Å². The second kappa shape index (κ2) is 6.37. The lowest BCUT2D eigenvalue weighted by molar-refractivity contribution is 0.199. The van der Waals surface area contributed by atoms with Crippen LogP contribution in [0.5, 0.6) is 0 Å². The Morgan fingerprint density at radius 2 is 1.95 bits per heavy atom. The van der Waals surface area contributed by atoms with E-state index in [1.54, 1.807) is 25.1 Å². The molecule has 0 spiro atoms. The predicted molar refractivity (Wildman–Crippen MR) is 83.4 cm³/mol. The van der Waals surface area contributed by atoms with E-state index in [2.05, 4.69) is 15.6 Å². The zero-order valence-corrected chi connectivity index (χ0v) is 12.3. The zero-order valence-electron chi connectivity index (χ0n) is 12.3. The van der Waals surface area contributed by atoms with Crippen LogP contribution in [0.1, 0.15) is 30.0 Å². The summed E-state index contributed by atoms with van der Waals surface area (Å²) in [5.41, 5.74) is 3.72. The van der Waals surface area contributed by atoms with Gasteiger partial charge in [-0.3, -0.25) is 4.98 Å². The molecule has 0 aliphatic carbocycles. The molecule has 0 saturated carbocycles. The quantitative estimate of drug-likeness (QED) is 0.809. The van der Waals surface area contributed by atoms with Crippen LogP contribution in [0.25, 0.3) is 0 Å². The Kier molecular flexibility index (Phi) is 4.55. The number of hydrogen-bond acceptors (Lipinski definition) is 3. The molecule has 110 valence electrons. The Hall–Kier alpha value is -2.40. The molecule has 0 saturated heterocycles. The minimum atomic E-state index is -0.571. The molecule has 0 bridgehead atoms. The molecule has 1 heterocycles. The van der Waals surface area contributed by atoms with E-state index in [0.29, 0.717) is 11.4 Å². The number of aryl methyl sites for hydroxylation is 2. The van der Waals surface area contributed by atoms with E-state index in [-0.39, 0.29) is 6.03 Å². The summed E-state index contributed by atoms with van der Waals surface area (Å²) in [5.74, 6) is 0. The van der Waals surface area contributed by atoms with Gasteiger partial charge in [0.15, 0.2) is 0 Å². The van der Waals surface area contributed by atoms with Gasteiger partial charge in [0, 0.05) is 11.4 Å². The van der Waals surface area contributed by atoms with Crippen LogP contribution in [-0.2, 0) is 0 Å². The number of aliphatic hydroxyl groups excluding tert-OH is 1. The van der Waals surface area contributed by atoms with Gasteiger partial charge in [-0.25, -0.2) is 4.79 Å². The second-order valence-electron chi connectivity index (χ2n) is 4.97. The number of urea groups is 1. The molecule has 2 aromatic rings. The van der Waals surface area contributed by atoms with Gasteiger partial charge in [0.05, 0.1) is 17.5 Å². The van der Waals surface area contributed by atoms with Gasteiger partial charge in [-0.1, -0.05) is 12.1 Å². The molecule has 3 N–H and O–H groups in total. The standard InChI is InChI=1S/C16H19N3O2/c1-10-7-8-15(11(2)17-10)19-16(21)18-14-6-4-5-13(9-14)12(3)20/h4-9,12,20H,1-3H3,(H2,18,19,21). The van der Waals surface area contributed by atoms with Crippen molar-refractivity contribution in [3.63, 3.8) is 0 Å². The number of amides is 2. The lowest BCUT2D eigenvalue weighted by Gasteiger charge is -2.11. The molecule has 0 fully saturated rings. The summed E-state index contributed by atoms with van der Waals surface area (Å²) in [6.45, 7) is 5.43. The van der Waals surface area contributed by atoms with Gasteiger partial charge in [0.1, 0.15) is 0 Å². The maximum absolute atomic E-state index is 12.0. The molecule has 2 rings (SSSR count). The highest BCUT2D eigenvalue weighted by Crippen LogP contribution is 2.18. The number of benzene rings is 1. The maximum Gasteiger partial charge on any atom is 0.323 e. The van der Waals surface area contributed by atoms with Crippen molar-refractivity contribution in [2.24, 2.45) is 0 Å². The van der Waals surface area contributed by atoms with Crippen molar-refractivity contribution in [2.45, 2.75) is 26.9 Å². The zero-order chi connectivity index (χ0) is 15.4. The van der Waals surface area contributed by atoms with Gasteiger partial charge < -0.3 is 15.7 Å². The van der Waals surface area contributed by atoms with Crippen LogP contribution in [0, 0.1) is 13.8 Å². The Bertz CT molecular complexity index is 654. The highest BCUT2D eigenvalue weighted by Gasteiger charge is 2.07. The molecular weight excluding hydrogens is 266 g/mol. The summed E-state index contributed by atoms with van der Waals surface area (Å²) >= 11 is 0. The number of pyridine rings is 1. The highest BCUT2D eigenvalue weighted by molar-refractivity contribution is 6.00. The van der Waals surface area contributed by atoms with Gasteiger partial charge in [-0.2, -0.15) is 0 Å². The lowest BCUT2D eigenvalue weighted by Crippen LogP contribution is -2.20. The molecular formula is C16H19N3O2. The minimum Gasteiger partial charge on any atom is -0.389 e. The van der Waals surface area contributed by atoms with Crippen molar-refractivity contribution < 1.29 is 9.90 Å². The molecule has 0 aliphatic heterocycles. The van der Waals surface area contributed by atoms with Crippen LogP contribution in [-0.4, -0.2) is 16.1 Å². The second-order valence-corrected chi connectivity index (χ2v) is 4.97. The van der Waals surface area contributed by atoms with Crippen molar-refractivity contribution in [1.82, 2.24) is 4.98 Å². The molecule has 0 radical (unpaired) electrons. The predicted octanol–water partition coefficient (Wildman–Crippen LogP) is 3.40. The summed E-state index contributed by atoms with van der Waals surface area (Å²) in [6.07, 6.45) is -0.571. The maximum atomic E-state index is 12.0. The molecule has 1 aromatic carbocycles. The average molecular weight is 285 g/mol. The summed E-state index contributed by atoms with van der Waals surface area (Å²) in [6, 6.07) is 10.4. The Balaban J connectivity index is 2.06. The fraction of sp³-hybridized carbons (Fsp3) is 0.250. The molecule has 21 heavy (non-hydrogen) atoms. The van der Waals surface area contributed by atoms with E-state index < -0.39 is 6.10 Å². The first-order valence-corrected chi connectivity index (χ1v) is 6.76. The SMILES string of the molecule is Cc1ccc(NC(=O)Nc2cccc(C(C)O)c2)c(C)n1. The fourth-order valence-corrected chi connectivity index (χ4v) is 1.98. The van der Waals surface area contributed by atoms with Crippen LogP contribution >= 0.6 is 0 Å². The van der Waals surface area contributed by atoms with Gasteiger partial charge >= 0.3 is 6.03 Å². The van der Waals surface area contributed by atoms with Crippen molar-refractivity contribution >= 4 is 17.4 Å². The monoisotopic (exact) mass is 285 g/mol. The van der Waals surface area contributed by atoms with E-state index in [1.165, 1.54) is 0 Å². The molecule has 5 nitrogen and oxygen atoms in total. The summed E-state index contributed by atoms with van der Waals surface area (Å²) in [7, 11) is 0. The number of anilines is 2. The van der Waals surface area contributed by atoms with Crippen LogP contribution < -0.4 is 10.6 Å². The largest absolute Gasteiger partial charge is 0.389 e. The van der Waals surface area contributed by atoms with Crippen molar-refractivity contribution in [1.29, 1.82) is 0 Å². The van der Waals surface area contributed by atoms with Crippen LogP contribution in [0.15, 0.2) is 36.4 Å². The number of aromatic nitrogens is 1. The number of carbonyl (C=O) groups excluding carboxylic acids is 1. The van der Waals surface area contributed by atoms with Crippen LogP contribution in [0.2, 0.25) is 0 Å². The normalized spacial score (nSPS) is 11.8. The van der Waals surface area contributed by atoms with E-state index in [0.717, 1.165) is 17.0 Å². The molecule has 1 unspecified atom stereocenters. The third kappa shape index (κ3) is 4.03. The third-order valence-corrected chi connectivity index (χ3v) is 3.10. The summed E-state index contributed by atoms with van der Waals surface area (Å²) < 4.78 is 0. The number of rotatable bonds is 3. The van der Waals surface area contributed by atoms with Gasteiger partial charge in [-0.15, -0.1) is 0 Å². The molecule has 5 heteroatoms. The van der Waals surface area contributed by atoms with Crippen molar-refractivity contribution in [2.75, 3.05) is 10.6 Å². The smallest absolute Gasteiger partial charge is 0.323 e. The number of aliphatic hydroxyl groups is 1. The van der Waals surface area contributed by atoms with E-state index in [4.69, 9.17) is 0 Å². The topological polar surface area (TPSA) is 74.2 Å². The average Bonchev–Trinajstić information content (AvgIpc) is 2.42. The van der Waals surface area contributed by atoms with Crippen molar-refractivity contribution in [3.8, 4) is 0 Å². The summed E-state index contributed by atoms with van der Waals surface area (Å²) in [4.78, 5) is 16.3. The number of nitrogens with zero attached hydrogens (tertiary/aromatic N) is 1. The lowest BCUT2D eigenvalue weighted by atomic mass is 10.1. The minimum absolute atomic E-state index is 0.341. The fourth-order valence-electron chi connectivity index (χ4n) is 1.98. The first kappa shape index (κ1) is 15.0. The molecule has 1 aromatic heterocycles. The van der Waals surface area contributed by atoms with E-state index in [9.17, 15) is 9.90 Å². The Morgan fingerprint density at radius 3 is 2.62 bits per heavy atom. The number of nitrogens with one attached hydrogen (secondary N) is 2. The van der Waals surface area contributed by atoms with Gasteiger partial charge in [-0.05, 0) is 50.6 Å².